The van der Waals surface area contributed by atoms with E-state index in [2.05, 4.69) is 69.7 Å². The van der Waals surface area contributed by atoms with Crippen LogP contribution in [0.25, 0.3) is 10.9 Å². The van der Waals surface area contributed by atoms with Gasteiger partial charge in [0.15, 0.2) is 6.10 Å². The molecule has 716 valence electrons. The number of rotatable bonds is 65. The highest BCUT2D eigenvalue weighted by atomic mass is 31.2. The quantitative estimate of drug-likeness (QED) is 0.0110. The number of hydrogen-bond acceptors (Lipinski definition) is 20. The number of phosphoric acid groups is 1. The van der Waals surface area contributed by atoms with Gasteiger partial charge in [-0.1, -0.05) is 185 Å². The monoisotopic (exact) mass is 1810 g/mol. The molecule has 0 radical (unpaired) electrons. The first-order valence-electron chi connectivity index (χ1n) is 46.7. The lowest BCUT2D eigenvalue weighted by molar-refractivity contribution is -0.161. The number of nitrogens with one attached hydrogen (secondary N) is 6. The van der Waals surface area contributed by atoms with Crippen molar-refractivity contribution in [2.24, 2.45) is 11.7 Å². The van der Waals surface area contributed by atoms with Gasteiger partial charge < -0.3 is 86.2 Å². The maximum Gasteiger partial charge on any atom is 0.472 e. The van der Waals surface area contributed by atoms with Gasteiger partial charge >= 0.3 is 19.8 Å². The minimum atomic E-state index is -4.84. The fourth-order valence-electron chi connectivity index (χ4n) is 15.3. The molecule has 10 N–H and O–H groups in total. The number of para-hydroxylation sites is 1. The molecule has 2 saturated heterocycles. The molecule has 11 amide bonds. The summed E-state index contributed by atoms with van der Waals surface area (Å²) in [6, 6.07) is 6.79. The van der Waals surface area contributed by atoms with Gasteiger partial charge in [0, 0.05) is 84.2 Å². The van der Waals surface area contributed by atoms with Crippen molar-refractivity contribution in [2.45, 2.75) is 302 Å². The molecule has 5 rings (SSSR count). The number of ether oxygens (including phenoxy) is 2. The van der Waals surface area contributed by atoms with Crippen LogP contribution in [-0.2, 0) is 98.3 Å². The second-order valence-electron chi connectivity index (χ2n) is 34.5. The molecule has 8 atom stereocenters. The van der Waals surface area contributed by atoms with Gasteiger partial charge in [-0.15, -0.1) is 0 Å². The van der Waals surface area contributed by atoms with Crippen molar-refractivity contribution in [3.8, 4) is 5.75 Å². The first-order valence-corrected chi connectivity index (χ1v) is 48.2. The number of nitrogens with zero attached hydrogens (tertiary/aromatic N) is 6. The number of amides is 11. The summed E-state index contributed by atoms with van der Waals surface area (Å²) in [4.78, 5) is 199. The number of phosphoric ester groups is 1. The Labute approximate surface area is 758 Å². The Balaban J connectivity index is 1.05. The molecule has 128 heavy (non-hydrogen) atoms. The number of allylic oxidation sites excluding steroid dienone is 4. The van der Waals surface area contributed by atoms with Crippen LogP contribution in [0.5, 0.6) is 5.75 Å². The van der Waals surface area contributed by atoms with Crippen LogP contribution in [0.3, 0.4) is 0 Å². The standard InChI is InChI=1S/C94H150N13O20P/c1-10-12-14-16-18-20-22-24-26-28-30-32-34-36-38-48-87(114)124-67-74(127-88(115)49-39-37-35-33-31-29-27-25-23-21-19-17-15-13-11-2)68-126-128(122,123)125-57-54-96-92(119)80-46-42-55-106(80)85(112)65-102(6)84(111)64-105(9)94(121)81-47-43-56-107(81)86(113)66-103(7)83(110)63-104(8)93(120)79(58-69(3)4)101-91(118)78(60-72-61-97-77-45-41-40-44-75(72)77)100-82(109)62-98-89(116)70(5)99-90(117)76(95)59-71-50-52-73(108)53-51-71/h24-27,40-41,44-45,50-53,61,69-70,74,76,78-81,97,108H,10-23,28-39,42-43,46-49,54-60,62-68,95H2,1-9H3,(H,96,119)(H,98,116)(H,99,117)(H,100,109)(H,101,118)(H,122,123)/b26-24+,27-25+/t70-,74?,76+,78+,79+,80+,81+/m1/s1. The predicted molar refractivity (Wildman–Crippen MR) is 490 cm³/mol. The van der Waals surface area contributed by atoms with Crippen LogP contribution in [0.1, 0.15) is 258 Å². The number of aromatic amines is 1. The number of nitrogens with two attached hydrogens (primary N) is 1. The SMILES string of the molecule is CCCCCCCC/C=C/CCCCCCCC(=O)OCC(COP(=O)(O)OCCNC(=O)[C@@H]1CCCN1C(=O)CN(C)C(=O)CN(C)C(=O)[C@@H]1CCCN1C(=O)CN(C)C(=O)CN(C)C(=O)[C@H](CC(C)C)NC(=O)[C@H](Cc1c[nH]c2ccccc12)NC(=O)CNC(=O)[C@@H](C)NC(=O)[C@@H](N)Cc1ccc(O)cc1)OC(=O)CCCCCCC/C=C/CCCCCCCC. The molecule has 0 spiro atoms. The molecule has 2 aliphatic rings. The van der Waals surface area contributed by atoms with Crippen molar-refractivity contribution >= 4 is 95.6 Å². The van der Waals surface area contributed by atoms with E-state index < -0.39 is 180 Å². The van der Waals surface area contributed by atoms with Gasteiger partial charge in [0.1, 0.15) is 42.6 Å². The lowest BCUT2D eigenvalue weighted by Gasteiger charge is -2.31. The first-order chi connectivity index (χ1) is 61.3. The van der Waals surface area contributed by atoms with Gasteiger partial charge in [-0.25, -0.2) is 4.57 Å². The zero-order valence-electron chi connectivity index (χ0n) is 77.6. The number of hydrogen-bond donors (Lipinski definition) is 9. The number of carbonyl (C=O) groups excluding carboxylic acids is 13. The van der Waals surface area contributed by atoms with E-state index in [9.17, 15) is 76.9 Å². The summed E-state index contributed by atoms with van der Waals surface area (Å²) in [5, 5.41) is 23.5. The average molecular weight is 1810 g/mol. The van der Waals surface area contributed by atoms with Crippen LogP contribution in [0.4, 0.5) is 0 Å². The van der Waals surface area contributed by atoms with Crippen LogP contribution in [-0.4, -0.2) is 264 Å². The Morgan fingerprint density at radius 3 is 1.64 bits per heavy atom. The Morgan fingerprint density at radius 1 is 0.562 bits per heavy atom. The molecule has 3 heterocycles. The lowest BCUT2D eigenvalue weighted by atomic mass is 10.0. The fourth-order valence-corrected chi connectivity index (χ4v) is 16.1. The van der Waals surface area contributed by atoms with E-state index in [4.69, 9.17) is 24.3 Å². The minimum Gasteiger partial charge on any atom is -0.508 e. The first kappa shape index (κ1) is 109. The molecule has 33 nitrogen and oxygen atoms in total. The Bertz CT molecular complexity index is 4050. The molecule has 2 unspecified atom stereocenters. The topological polar surface area (TPSA) is 438 Å². The molecular formula is C94H150N13O20P. The van der Waals surface area contributed by atoms with Gasteiger partial charge in [0.05, 0.1) is 52.0 Å². The third kappa shape index (κ3) is 42.8. The third-order valence-corrected chi connectivity index (χ3v) is 23.9. The van der Waals surface area contributed by atoms with E-state index in [1.54, 1.807) is 18.3 Å². The van der Waals surface area contributed by atoms with Crippen molar-refractivity contribution < 1.29 is 95.4 Å². The highest BCUT2D eigenvalue weighted by Crippen LogP contribution is 2.43. The summed E-state index contributed by atoms with van der Waals surface area (Å²) in [7, 11) is 0.632. The van der Waals surface area contributed by atoms with Crippen LogP contribution >= 0.6 is 7.82 Å². The van der Waals surface area contributed by atoms with E-state index in [1.165, 1.54) is 134 Å². The number of unbranched alkanes of at least 4 members (excludes halogenated alkanes) is 22. The molecule has 0 saturated carbocycles. The fraction of sp³-hybridized carbons (Fsp3) is 0.670. The molecule has 0 aliphatic carbocycles. The summed E-state index contributed by atoms with van der Waals surface area (Å²) in [5.74, 6) is -8.32. The number of aromatic hydroxyl groups is 1. The maximum absolute atomic E-state index is 14.4. The van der Waals surface area contributed by atoms with E-state index in [0.717, 1.165) is 108 Å². The number of carbonyl (C=O) groups is 13. The van der Waals surface area contributed by atoms with Crippen molar-refractivity contribution in [3.63, 3.8) is 0 Å². The Hall–Kier alpha value is -9.56. The largest absolute Gasteiger partial charge is 0.508 e. The number of H-pyrrole nitrogens is 1. The molecule has 3 aromatic rings. The molecular weight excluding hydrogens is 1660 g/mol. The predicted octanol–water partition coefficient (Wildman–Crippen LogP) is 10.2. The van der Waals surface area contributed by atoms with E-state index in [1.807, 2.05) is 38.1 Å². The smallest absolute Gasteiger partial charge is 0.472 e. The molecule has 1 aromatic heterocycles. The number of phenolic OH excluding ortho intramolecular Hbond substituents is 1. The summed E-state index contributed by atoms with van der Waals surface area (Å²) in [5.41, 5.74) is 8.18. The summed E-state index contributed by atoms with van der Waals surface area (Å²) in [6.07, 6.45) is 39.9. The third-order valence-electron chi connectivity index (χ3n) is 22.9. The number of esters is 2. The van der Waals surface area contributed by atoms with Gasteiger partial charge in [-0.2, -0.15) is 0 Å². The zero-order chi connectivity index (χ0) is 93.8. The number of fused-ring (bicyclic) bond motifs is 1. The van der Waals surface area contributed by atoms with Crippen molar-refractivity contribution in [3.05, 3.63) is 90.2 Å². The van der Waals surface area contributed by atoms with Gasteiger partial charge in [-0.05, 0) is 145 Å². The zero-order valence-corrected chi connectivity index (χ0v) is 78.5. The highest BCUT2D eigenvalue weighted by molar-refractivity contribution is 7.47. The molecule has 2 fully saturated rings. The number of likely N-dealkylation sites (tertiary alicyclic amines) is 2. The van der Waals surface area contributed by atoms with Crippen LogP contribution in [0.15, 0.2) is 79.0 Å². The van der Waals surface area contributed by atoms with Gasteiger partial charge in [0.2, 0.25) is 65.0 Å². The summed E-state index contributed by atoms with van der Waals surface area (Å²) < 4.78 is 34.8. The second kappa shape index (κ2) is 61.1. The number of phenols is 1. The van der Waals surface area contributed by atoms with Crippen molar-refractivity contribution in [1.82, 2.24) is 61.0 Å². The minimum absolute atomic E-state index is 0.0437. The van der Waals surface area contributed by atoms with E-state index >= 15 is 0 Å². The number of benzene rings is 2. The Morgan fingerprint density at radius 2 is 1.08 bits per heavy atom. The maximum atomic E-state index is 14.4. The molecule has 0 bridgehead atoms. The molecule has 2 aliphatic heterocycles. The van der Waals surface area contributed by atoms with Gasteiger partial charge in [-0.3, -0.25) is 71.4 Å². The Kier molecular flexibility index (Phi) is 52.0. The van der Waals surface area contributed by atoms with Crippen molar-refractivity contribution in [1.29, 1.82) is 0 Å². The number of likely N-dealkylation sites (N-methyl/N-ethyl adjacent to an activating group) is 4. The van der Waals surface area contributed by atoms with E-state index in [-0.39, 0.29) is 76.2 Å². The van der Waals surface area contributed by atoms with Gasteiger partial charge in [0.25, 0.3) is 0 Å². The number of aromatic nitrogens is 1. The normalized spacial score (nSPS) is 15.5. The van der Waals surface area contributed by atoms with Crippen LogP contribution in [0, 0.1) is 5.92 Å². The summed E-state index contributed by atoms with van der Waals surface area (Å²) >= 11 is 0. The highest BCUT2D eigenvalue weighted by Gasteiger charge is 2.40. The van der Waals surface area contributed by atoms with Crippen LogP contribution < -0.4 is 32.3 Å². The van der Waals surface area contributed by atoms with Crippen molar-refractivity contribution in [2.75, 3.05) is 100 Å². The average Bonchev–Trinajstić information content (AvgIpc) is 1.65. The van der Waals surface area contributed by atoms with E-state index in [0.29, 0.717) is 36.8 Å². The lowest BCUT2D eigenvalue weighted by Crippen LogP contribution is -2.57. The summed E-state index contributed by atoms with van der Waals surface area (Å²) in [6.45, 7) is 5.45. The van der Waals surface area contributed by atoms with Crippen LogP contribution in [0.2, 0.25) is 0 Å². The molecule has 34 heteroatoms. The molecule has 2 aromatic carbocycles. The second-order valence-corrected chi connectivity index (χ2v) is 36.0.